The fourth-order valence-corrected chi connectivity index (χ4v) is 2.84. The molecule has 114 valence electrons. The molecule has 0 saturated heterocycles. The lowest BCUT2D eigenvalue weighted by atomic mass is 9.92. The Morgan fingerprint density at radius 3 is 2.80 bits per heavy atom. The first kappa shape index (κ1) is 17.5. The SMILES string of the molecule is COC(C)(C)CCCC(C)CC1=C/C(=C/C(=O)S)CC1. The highest BCUT2D eigenvalue weighted by Gasteiger charge is 2.17. The van der Waals surface area contributed by atoms with E-state index >= 15 is 0 Å². The first-order valence-corrected chi connectivity index (χ1v) is 7.95. The maximum atomic E-state index is 10.9. The molecule has 0 spiro atoms. The minimum absolute atomic E-state index is 0.00478. The Balaban J connectivity index is 2.33. The number of carbonyl (C=O) groups excluding carboxylic acids is 1. The molecule has 0 fully saturated rings. The molecule has 0 saturated carbocycles. The van der Waals surface area contributed by atoms with Crippen LogP contribution in [0, 0.1) is 5.92 Å². The number of hydrogen-bond acceptors (Lipinski definition) is 2. The molecule has 0 radical (unpaired) electrons. The van der Waals surface area contributed by atoms with E-state index in [1.807, 2.05) is 0 Å². The lowest BCUT2D eigenvalue weighted by Gasteiger charge is -2.23. The van der Waals surface area contributed by atoms with E-state index in [2.05, 4.69) is 39.5 Å². The highest BCUT2D eigenvalue weighted by molar-refractivity contribution is 7.97. The zero-order chi connectivity index (χ0) is 15.2. The summed E-state index contributed by atoms with van der Waals surface area (Å²) in [5.74, 6) is 0.694. The Morgan fingerprint density at radius 1 is 1.50 bits per heavy atom. The van der Waals surface area contributed by atoms with Crippen molar-refractivity contribution in [2.24, 2.45) is 5.92 Å². The van der Waals surface area contributed by atoms with Crippen molar-refractivity contribution in [2.45, 2.75) is 64.9 Å². The summed E-state index contributed by atoms with van der Waals surface area (Å²) in [5, 5.41) is -0.146. The molecule has 0 heterocycles. The van der Waals surface area contributed by atoms with Crippen molar-refractivity contribution in [2.75, 3.05) is 7.11 Å². The quantitative estimate of drug-likeness (QED) is 0.518. The van der Waals surface area contributed by atoms with Crippen LogP contribution in [0.1, 0.15) is 59.3 Å². The van der Waals surface area contributed by atoms with Gasteiger partial charge in [0.05, 0.1) is 5.60 Å². The highest BCUT2D eigenvalue weighted by Crippen LogP contribution is 2.30. The van der Waals surface area contributed by atoms with Gasteiger partial charge in [-0.15, -0.1) is 12.6 Å². The molecule has 1 aliphatic rings. The lowest BCUT2D eigenvalue weighted by molar-refractivity contribution is -0.106. The third kappa shape index (κ3) is 6.76. The van der Waals surface area contributed by atoms with Gasteiger partial charge in [0.1, 0.15) is 0 Å². The van der Waals surface area contributed by atoms with Crippen LogP contribution in [0.25, 0.3) is 0 Å². The summed E-state index contributed by atoms with van der Waals surface area (Å²) in [6.45, 7) is 6.59. The summed E-state index contributed by atoms with van der Waals surface area (Å²) < 4.78 is 5.45. The van der Waals surface area contributed by atoms with Crippen molar-refractivity contribution in [1.29, 1.82) is 0 Å². The van der Waals surface area contributed by atoms with Gasteiger partial charge in [-0.3, -0.25) is 4.79 Å². The van der Waals surface area contributed by atoms with Gasteiger partial charge in [-0.25, -0.2) is 0 Å². The normalized spacial score (nSPS) is 19.2. The first-order valence-electron chi connectivity index (χ1n) is 7.50. The maximum Gasteiger partial charge on any atom is 0.209 e. The molecule has 0 aromatic carbocycles. The first-order chi connectivity index (χ1) is 9.32. The Morgan fingerprint density at radius 2 is 2.20 bits per heavy atom. The monoisotopic (exact) mass is 296 g/mol. The number of rotatable bonds is 8. The van der Waals surface area contributed by atoms with E-state index in [1.165, 1.54) is 18.4 Å². The van der Waals surface area contributed by atoms with E-state index in [0.29, 0.717) is 5.92 Å². The van der Waals surface area contributed by atoms with Crippen LogP contribution < -0.4 is 0 Å². The van der Waals surface area contributed by atoms with E-state index in [-0.39, 0.29) is 10.7 Å². The predicted molar refractivity (Wildman–Crippen MR) is 88.1 cm³/mol. The molecular weight excluding hydrogens is 268 g/mol. The number of allylic oxidation sites excluding steroid dienone is 3. The fourth-order valence-electron chi connectivity index (χ4n) is 2.67. The average molecular weight is 296 g/mol. The van der Waals surface area contributed by atoms with E-state index < -0.39 is 0 Å². The zero-order valence-electron chi connectivity index (χ0n) is 13.2. The summed E-state index contributed by atoms with van der Waals surface area (Å²) in [4.78, 5) is 10.9. The van der Waals surface area contributed by atoms with E-state index in [0.717, 1.165) is 31.3 Å². The number of hydrogen-bond donors (Lipinski definition) is 1. The highest BCUT2D eigenvalue weighted by atomic mass is 32.1. The summed E-state index contributed by atoms with van der Waals surface area (Å²) in [7, 11) is 1.78. The van der Waals surface area contributed by atoms with Gasteiger partial charge in [0, 0.05) is 7.11 Å². The topological polar surface area (TPSA) is 26.3 Å². The van der Waals surface area contributed by atoms with Gasteiger partial charge in [0.25, 0.3) is 0 Å². The van der Waals surface area contributed by atoms with Crippen molar-refractivity contribution in [3.8, 4) is 0 Å². The molecule has 1 aliphatic carbocycles. The summed E-state index contributed by atoms with van der Waals surface area (Å²) in [6.07, 6.45) is 10.6. The fraction of sp³-hybridized carbons (Fsp3) is 0.706. The Hall–Kier alpha value is -0.540. The summed E-state index contributed by atoms with van der Waals surface area (Å²) in [6, 6.07) is 0. The van der Waals surface area contributed by atoms with Crippen molar-refractivity contribution in [3.05, 3.63) is 23.3 Å². The minimum atomic E-state index is -0.146. The van der Waals surface area contributed by atoms with E-state index in [1.54, 1.807) is 13.2 Å². The van der Waals surface area contributed by atoms with Gasteiger partial charge in [-0.2, -0.15) is 0 Å². The van der Waals surface area contributed by atoms with Crippen molar-refractivity contribution in [1.82, 2.24) is 0 Å². The predicted octanol–water partition coefficient (Wildman–Crippen LogP) is 4.71. The largest absolute Gasteiger partial charge is 0.379 e. The van der Waals surface area contributed by atoms with Crippen molar-refractivity contribution < 1.29 is 9.53 Å². The lowest BCUT2D eigenvalue weighted by Crippen LogP contribution is -2.22. The Bertz CT molecular complexity index is 394. The van der Waals surface area contributed by atoms with Crippen LogP contribution in [0.3, 0.4) is 0 Å². The summed E-state index contributed by atoms with van der Waals surface area (Å²) >= 11 is 3.80. The van der Waals surface area contributed by atoms with Gasteiger partial charge in [0.2, 0.25) is 5.12 Å². The van der Waals surface area contributed by atoms with Crippen LogP contribution >= 0.6 is 12.6 Å². The van der Waals surface area contributed by atoms with Crippen LogP contribution in [-0.4, -0.2) is 17.8 Å². The Labute approximate surface area is 129 Å². The molecule has 20 heavy (non-hydrogen) atoms. The molecular formula is C17H28O2S. The standard InChI is InChI=1S/C17H28O2S/c1-13(6-5-9-17(2,3)19-4)10-14-7-8-15(11-14)12-16(18)20/h11-13H,5-10H2,1-4H3,(H,18,20)/b15-12+. The Kier molecular flexibility index (Phi) is 7.04. The molecule has 0 aromatic rings. The minimum Gasteiger partial charge on any atom is -0.379 e. The van der Waals surface area contributed by atoms with Gasteiger partial charge in [-0.1, -0.05) is 31.4 Å². The molecule has 3 heteroatoms. The van der Waals surface area contributed by atoms with Crippen LogP contribution in [-0.2, 0) is 9.53 Å². The molecule has 1 unspecified atom stereocenters. The second-order valence-electron chi connectivity index (χ2n) is 6.53. The molecule has 0 amide bonds. The molecule has 0 aromatic heterocycles. The maximum absolute atomic E-state index is 10.9. The van der Waals surface area contributed by atoms with E-state index in [4.69, 9.17) is 4.74 Å². The number of carbonyl (C=O) groups is 1. The van der Waals surface area contributed by atoms with Crippen LogP contribution in [0.2, 0.25) is 0 Å². The number of thiol groups is 1. The van der Waals surface area contributed by atoms with Crippen LogP contribution in [0.5, 0.6) is 0 Å². The van der Waals surface area contributed by atoms with Gasteiger partial charge in [0.15, 0.2) is 0 Å². The molecule has 1 atom stereocenters. The van der Waals surface area contributed by atoms with Gasteiger partial charge >= 0.3 is 0 Å². The van der Waals surface area contributed by atoms with Crippen LogP contribution in [0.15, 0.2) is 23.3 Å². The second-order valence-corrected chi connectivity index (χ2v) is 6.97. The molecule has 2 nitrogen and oxygen atoms in total. The smallest absolute Gasteiger partial charge is 0.209 e. The zero-order valence-corrected chi connectivity index (χ0v) is 14.1. The average Bonchev–Trinajstić information content (AvgIpc) is 2.75. The van der Waals surface area contributed by atoms with Gasteiger partial charge < -0.3 is 4.74 Å². The molecule has 1 rings (SSSR count). The van der Waals surface area contributed by atoms with Crippen LogP contribution in [0.4, 0.5) is 0 Å². The van der Waals surface area contributed by atoms with E-state index in [9.17, 15) is 4.79 Å². The number of ether oxygens (including phenoxy) is 1. The number of methoxy groups -OCH3 is 1. The van der Waals surface area contributed by atoms with Gasteiger partial charge in [-0.05, 0) is 57.1 Å². The second kappa shape index (κ2) is 8.04. The van der Waals surface area contributed by atoms with Crippen molar-refractivity contribution >= 4 is 17.7 Å². The molecule has 0 N–H and O–H groups in total. The molecule has 0 aliphatic heterocycles. The third-order valence-corrected chi connectivity index (χ3v) is 4.20. The summed E-state index contributed by atoms with van der Waals surface area (Å²) in [5.41, 5.74) is 2.60. The third-order valence-electron chi connectivity index (χ3n) is 4.07. The van der Waals surface area contributed by atoms with Crippen molar-refractivity contribution in [3.63, 3.8) is 0 Å². The molecule has 0 bridgehead atoms.